The van der Waals surface area contributed by atoms with Crippen LogP contribution in [0.15, 0.2) is 42.5 Å². The van der Waals surface area contributed by atoms with E-state index in [4.69, 9.17) is 4.74 Å². The largest absolute Gasteiger partial charge is 0.508 e. The highest BCUT2D eigenvalue weighted by molar-refractivity contribution is 5.47. The molecular weight excluding hydrogens is 300 g/mol. The van der Waals surface area contributed by atoms with Gasteiger partial charge >= 0.3 is 0 Å². The van der Waals surface area contributed by atoms with E-state index in [9.17, 15) is 10.2 Å². The maximum atomic E-state index is 9.91. The van der Waals surface area contributed by atoms with Crippen LogP contribution in [0.3, 0.4) is 0 Å². The smallest absolute Gasteiger partial charge is 0.140 e. The van der Waals surface area contributed by atoms with Gasteiger partial charge in [-0.05, 0) is 60.6 Å². The van der Waals surface area contributed by atoms with Crippen molar-refractivity contribution in [3.8, 4) is 17.2 Å². The fourth-order valence-corrected chi connectivity index (χ4v) is 4.90. The Hall–Kier alpha value is -2.16. The van der Waals surface area contributed by atoms with Crippen LogP contribution in [-0.2, 0) is 5.60 Å². The van der Waals surface area contributed by atoms with Crippen LogP contribution in [0.25, 0.3) is 0 Å². The number of hydrogen-bond acceptors (Lipinski definition) is 3. The van der Waals surface area contributed by atoms with E-state index < -0.39 is 5.60 Å². The third-order valence-electron chi connectivity index (χ3n) is 5.91. The van der Waals surface area contributed by atoms with E-state index in [0.29, 0.717) is 23.5 Å². The monoisotopic (exact) mass is 324 g/mol. The molecule has 0 spiro atoms. The average Bonchev–Trinajstić information content (AvgIpc) is 3.05. The molecule has 0 saturated heterocycles. The van der Waals surface area contributed by atoms with Gasteiger partial charge in [-0.2, -0.15) is 0 Å². The summed E-state index contributed by atoms with van der Waals surface area (Å²) in [5.74, 6) is 2.58. The molecule has 0 radical (unpaired) electrons. The van der Waals surface area contributed by atoms with Gasteiger partial charge in [0.05, 0.1) is 0 Å². The van der Waals surface area contributed by atoms with Crippen molar-refractivity contribution >= 4 is 0 Å². The molecule has 2 aromatic rings. The zero-order valence-electron chi connectivity index (χ0n) is 14.2. The van der Waals surface area contributed by atoms with Crippen LogP contribution in [0.5, 0.6) is 17.2 Å². The number of phenols is 2. The summed E-state index contributed by atoms with van der Waals surface area (Å²) in [5, 5.41) is 19.6. The SMILES string of the molecule is CC(C)C1(c2ccc(O)cc2)Oc2ccc(O)cc2C2CCCC21. The van der Waals surface area contributed by atoms with Crippen molar-refractivity contribution in [2.24, 2.45) is 11.8 Å². The van der Waals surface area contributed by atoms with E-state index >= 15 is 0 Å². The second kappa shape index (κ2) is 5.44. The first kappa shape index (κ1) is 15.4. The van der Waals surface area contributed by atoms with Crippen LogP contribution in [0, 0.1) is 11.8 Å². The molecule has 0 bridgehead atoms. The van der Waals surface area contributed by atoms with Crippen molar-refractivity contribution in [1.29, 1.82) is 0 Å². The second-order valence-corrected chi connectivity index (χ2v) is 7.46. The minimum absolute atomic E-state index is 0.279. The van der Waals surface area contributed by atoms with Crippen LogP contribution in [-0.4, -0.2) is 10.2 Å². The number of ether oxygens (including phenoxy) is 1. The van der Waals surface area contributed by atoms with Crippen molar-refractivity contribution in [3.05, 3.63) is 53.6 Å². The fraction of sp³-hybridized carbons (Fsp3) is 0.429. The lowest BCUT2D eigenvalue weighted by Crippen LogP contribution is -2.49. The standard InChI is InChI=1S/C21H24O3/c1-13(2)21(14-6-8-15(22)9-7-14)19-5-3-4-17(19)18-12-16(23)10-11-20(18)24-21/h6-13,17,19,22-23H,3-5H2,1-2H3. The van der Waals surface area contributed by atoms with Gasteiger partial charge in [-0.25, -0.2) is 0 Å². The van der Waals surface area contributed by atoms with Gasteiger partial charge < -0.3 is 14.9 Å². The molecule has 0 aromatic heterocycles. The molecule has 4 rings (SSSR count). The third-order valence-corrected chi connectivity index (χ3v) is 5.91. The summed E-state index contributed by atoms with van der Waals surface area (Å²) in [7, 11) is 0. The number of hydrogen-bond donors (Lipinski definition) is 2. The predicted octanol–water partition coefficient (Wildman–Crippen LogP) is 4.93. The molecule has 3 atom stereocenters. The lowest BCUT2D eigenvalue weighted by Gasteiger charge is -2.49. The van der Waals surface area contributed by atoms with Crippen LogP contribution in [0.4, 0.5) is 0 Å². The van der Waals surface area contributed by atoms with Gasteiger partial charge in [-0.15, -0.1) is 0 Å². The molecule has 1 saturated carbocycles. The predicted molar refractivity (Wildman–Crippen MR) is 93.4 cm³/mol. The molecule has 3 unspecified atom stereocenters. The topological polar surface area (TPSA) is 49.7 Å². The highest BCUT2D eigenvalue weighted by Crippen LogP contribution is 2.59. The number of rotatable bonds is 2. The first-order valence-corrected chi connectivity index (χ1v) is 8.84. The molecule has 24 heavy (non-hydrogen) atoms. The molecular formula is C21H24O3. The van der Waals surface area contributed by atoms with E-state index in [1.54, 1.807) is 18.2 Å². The molecule has 126 valence electrons. The highest BCUT2D eigenvalue weighted by atomic mass is 16.5. The molecule has 0 amide bonds. The van der Waals surface area contributed by atoms with E-state index in [0.717, 1.165) is 29.7 Å². The Balaban J connectivity index is 1.91. The van der Waals surface area contributed by atoms with Gasteiger partial charge in [0.1, 0.15) is 22.8 Å². The van der Waals surface area contributed by atoms with Gasteiger partial charge in [-0.3, -0.25) is 0 Å². The summed E-state index contributed by atoms with van der Waals surface area (Å²) in [6.45, 7) is 4.43. The Morgan fingerprint density at radius 1 is 1.00 bits per heavy atom. The molecule has 2 aliphatic rings. The number of phenolic OH excluding ortho intramolecular Hbond substituents is 2. The van der Waals surface area contributed by atoms with Gasteiger partial charge in [0, 0.05) is 11.5 Å². The average molecular weight is 324 g/mol. The van der Waals surface area contributed by atoms with Crippen molar-refractivity contribution in [1.82, 2.24) is 0 Å². The highest BCUT2D eigenvalue weighted by Gasteiger charge is 2.54. The molecule has 1 aliphatic carbocycles. The minimum atomic E-state index is -0.390. The quantitative estimate of drug-likeness (QED) is 0.824. The zero-order valence-corrected chi connectivity index (χ0v) is 14.2. The number of aromatic hydroxyl groups is 2. The zero-order chi connectivity index (χ0) is 16.9. The minimum Gasteiger partial charge on any atom is -0.508 e. The van der Waals surface area contributed by atoms with E-state index in [2.05, 4.69) is 13.8 Å². The van der Waals surface area contributed by atoms with Crippen molar-refractivity contribution in [2.45, 2.75) is 44.6 Å². The first-order chi connectivity index (χ1) is 11.5. The van der Waals surface area contributed by atoms with Crippen molar-refractivity contribution in [2.75, 3.05) is 0 Å². The maximum absolute atomic E-state index is 9.91. The summed E-state index contributed by atoms with van der Waals surface area (Å²) in [6.07, 6.45) is 3.44. The number of fused-ring (bicyclic) bond motifs is 3. The van der Waals surface area contributed by atoms with Crippen molar-refractivity contribution in [3.63, 3.8) is 0 Å². The summed E-state index contributed by atoms with van der Waals surface area (Å²) < 4.78 is 6.68. The Labute approximate surface area is 142 Å². The van der Waals surface area contributed by atoms with E-state index in [1.807, 2.05) is 24.3 Å². The molecule has 2 aromatic carbocycles. The molecule has 1 aliphatic heterocycles. The van der Waals surface area contributed by atoms with Gasteiger partial charge in [0.2, 0.25) is 0 Å². The maximum Gasteiger partial charge on any atom is 0.140 e. The molecule has 3 nitrogen and oxygen atoms in total. The Morgan fingerprint density at radius 2 is 1.71 bits per heavy atom. The lowest BCUT2D eigenvalue weighted by atomic mass is 9.66. The molecule has 3 heteroatoms. The lowest BCUT2D eigenvalue weighted by molar-refractivity contribution is -0.0586. The van der Waals surface area contributed by atoms with Gasteiger partial charge in [0.15, 0.2) is 0 Å². The Morgan fingerprint density at radius 3 is 2.42 bits per heavy atom. The third kappa shape index (κ3) is 2.10. The summed E-state index contributed by atoms with van der Waals surface area (Å²) in [5.41, 5.74) is 1.89. The van der Waals surface area contributed by atoms with Crippen molar-refractivity contribution < 1.29 is 14.9 Å². The van der Waals surface area contributed by atoms with E-state index in [1.165, 1.54) is 6.42 Å². The number of benzene rings is 2. The fourth-order valence-electron chi connectivity index (χ4n) is 4.90. The van der Waals surface area contributed by atoms with E-state index in [-0.39, 0.29) is 5.75 Å². The van der Waals surface area contributed by atoms with Crippen LogP contribution in [0.1, 0.15) is 50.2 Å². The second-order valence-electron chi connectivity index (χ2n) is 7.46. The normalized spacial score (nSPS) is 28.3. The Bertz CT molecular complexity index is 750. The Kier molecular flexibility index (Phi) is 3.48. The van der Waals surface area contributed by atoms with Crippen LogP contribution in [0.2, 0.25) is 0 Å². The molecule has 2 N–H and O–H groups in total. The van der Waals surface area contributed by atoms with Gasteiger partial charge in [0.25, 0.3) is 0 Å². The van der Waals surface area contributed by atoms with Gasteiger partial charge in [-0.1, -0.05) is 32.4 Å². The molecule has 1 heterocycles. The first-order valence-electron chi connectivity index (χ1n) is 8.84. The summed E-state index contributed by atoms with van der Waals surface area (Å²) in [6, 6.07) is 13.0. The summed E-state index contributed by atoms with van der Waals surface area (Å²) >= 11 is 0. The summed E-state index contributed by atoms with van der Waals surface area (Å²) in [4.78, 5) is 0. The molecule has 1 fully saturated rings. The van der Waals surface area contributed by atoms with Crippen LogP contribution < -0.4 is 4.74 Å². The van der Waals surface area contributed by atoms with Crippen LogP contribution >= 0.6 is 0 Å².